The molecular formula is C8H8BrNS. The van der Waals surface area contributed by atoms with E-state index in [0.717, 1.165) is 4.47 Å². The molecule has 1 nitrogen and oxygen atoms in total. The average Bonchev–Trinajstić information content (AvgIpc) is 2.04. The van der Waals surface area contributed by atoms with E-state index >= 15 is 0 Å². The summed E-state index contributed by atoms with van der Waals surface area (Å²) in [5.74, 6) is 1.22. The Morgan fingerprint density at radius 1 is 1.55 bits per heavy atom. The molecule has 2 rings (SSSR count). The summed E-state index contributed by atoms with van der Waals surface area (Å²) in [7, 11) is 0. The van der Waals surface area contributed by atoms with Crippen LogP contribution >= 0.6 is 27.7 Å². The average molecular weight is 230 g/mol. The summed E-state index contributed by atoms with van der Waals surface area (Å²) in [6.07, 6.45) is 4.35. The van der Waals surface area contributed by atoms with Crippen LogP contribution in [0.2, 0.25) is 0 Å². The topological polar surface area (TPSA) is 12.9 Å². The predicted octanol–water partition coefficient (Wildman–Crippen LogP) is 2.88. The normalized spacial score (nSPS) is 16.1. The highest BCUT2D eigenvalue weighted by Gasteiger charge is 2.10. The van der Waals surface area contributed by atoms with Gasteiger partial charge in [0.1, 0.15) is 0 Å². The summed E-state index contributed by atoms with van der Waals surface area (Å²) < 4.78 is 1.10. The van der Waals surface area contributed by atoms with Crippen molar-refractivity contribution in [2.45, 2.75) is 17.9 Å². The lowest BCUT2D eigenvalue weighted by Gasteiger charge is -2.13. The Labute approximate surface area is 78.7 Å². The molecule has 1 aromatic rings. The van der Waals surface area contributed by atoms with Gasteiger partial charge in [-0.3, -0.25) is 0 Å². The highest BCUT2D eigenvalue weighted by molar-refractivity contribution is 9.10. The van der Waals surface area contributed by atoms with E-state index in [9.17, 15) is 0 Å². The number of thioether (sulfide) groups is 1. The quantitative estimate of drug-likeness (QED) is 0.679. The highest BCUT2D eigenvalue weighted by atomic mass is 79.9. The van der Waals surface area contributed by atoms with Crippen molar-refractivity contribution >= 4 is 27.7 Å². The first-order valence-electron chi connectivity index (χ1n) is 3.63. The van der Waals surface area contributed by atoms with Gasteiger partial charge >= 0.3 is 0 Å². The van der Waals surface area contributed by atoms with Crippen molar-refractivity contribution < 1.29 is 0 Å². The van der Waals surface area contributed by atoms with Crippen LogP contribution in [0.25, 0.3) is 0 Å². The van der Waals surface area contributed by atoms with Crippen molar-refractivity contribution in [1.29, 1.82) is 0 Å². The van der Waals surface area contributed by atoms with Gasteiger partial charge in [0.15, 0.2) is 0 Å². The summed E-state index contributed by atoms with van der Waals surface area (Å²) in [6.45, 7) is 0. The summed E-state index contributed by atoms with van der Waals surface area (Å²) in [5.41, 5.74) is 1.40. The second kappa shape index (κ2) is 3.15. The van der Waals surface area contributed by atoms with Crippen molar-refractivity contribution in [3.63, 3.8) is 0 Å². The maximum atomic E-state index is 4.33. The molecule has 0 unspecified atom stereocenters. The molecule has 0 atom stereocenters. The summed E-state index contributed by atoms with van der Waals surface area (Å²) >= 11 is 5.28. The monoisotopic (exact) mass is 229 g/mol. The van der Waals surface area contributed by atoms with Gasteiger partial charge in [-0.05, 0) is 46.2 Å². The molecule has 1 aromatic heterocycles. The van der Waals surface area contributed by atoms with Crippen LogP contribution in [0.15, 0.2) is 21.8 Å². The lowest BCUT2D eigenvalue weighted by molar-refractivity contribution is 0.855. The Balaban J connectivity index is 2.43. The van der Waals surface area contributed by atoms with E-state index in [1.807, 2.05) is 18.0 Å². The van der Waals surface area contributed by atoms with Gasteiger partial charge in [0.05, 0.1) is 5.03 Å². The van der Waals surface area contributed by atoms with Crippen LogP contribution in [0, 0.1) is 0 Å². The Morgan fingerprint density at radius 3 is 3.36 bits per heavy atom. The van der Waals surface area contributed by atoms with Crippen LogP contribution in [0.3, 0.4) is 0 Å². The number of nitrogens with zero attached hydrogens (tertiary/aromatic N) is 1. The summed E-state index contributed by atoms with van der Waals surface area (Å²) in [5, 5.41) is 1.22. The molecule has 0 bridgehead atoms. The van der Waals surface area contributed by atoms with Crippen LogP contribution in [0.5, 0.6) is 0 Å². The first kappa shape index (κ1) is 7.62. The molecule has 58 valence electrons. The molecule has 0 fully saturated rings. The van der Waals surface area contributed by atoms with E-state index in [2.05, 4.69) is 27.0 Å². The van der Waals surface area contributed by atoms with Crippen molar-refractivity contribution in [2.24, 2.45) is 0 Å². The molecule has 0 saturated heterocycles. The Bertz CT molecular complexity index is 275. The molecule has 0 amide bonds. The minimum absolute atomic E-state index is 1.10. The molecule has 0 aliphatic carbocycles. The number of hydrogen-bond acceptors (Lipinski definition) is 2. The molecule has 2 heterocycles. The van der Waals surface area contributed by atoms with Crippen LogP contribution in [-0.4, -0.2) is 10.7 Å². The Morgan fingerprint density at radius 2 is 2.45 bits per heavy atom. The third-order valence-corrected chi connectivity index (χ3v) is 3.29. The standard InChI is InChI=1S/C8H8BrNS/c9-7-4-6-2-1-3-11-8(6)10-5-7/h4-5H,1-3H2. The number of rotatable bonds is 0. The maximum absolute atomic E-state index is 4.33. The van der Waals surface area contributed by atoms with Gasteiger partial charge in [-0.2, -0.15) is 0 Å². The van der Waals surface area contributed by atoms with E-state index in [1.165, 1.54) is 29.2 Å². The van der Waals surface area contributed by atoms with Crippen LogP contribution in [0.4, 0.5) is 0 Å². The van der Waals surface area contributed by atoms with Crippen molar-refractivity contribution in [1.82, 2.24) is 4.98 Å². The molecule has 1 aliphatic rings. The molecule has 0 aromatic carbocycles. The number of hydrogen-bond donors (Lipinski definition) is 0. The Kier molecular flexibility index (Phi) is 2.18. The van der Waals surface area contributed by atoms with Gasteiger partial charge in [0.25, 0.3) is 0 Å². The van der Waals surface area contributed by atoms with Crippen LogP contribution < -0.4 is 0 Å². The lowest BCUT2D eigenvalue weighted by Crippen LogP contribution is -1.99. The molecule has 0 spiro atoms. The molecule has 0 N–H and O–H groups in total. The zero-order chi connectivity index (χ0) is 7.68. The minimum atomic E-state index is 1.10. The minimum Gasteiger partial charge on any atom is -0.248 e. The first-order valence-corrected chi connectivity index (χ1v) is 5.41. The zero-order valence-electron chi connectivity index (χ0n) is 6.01. The smallest absolute Gasteiger partial charge is 0.0992 e. The molecular weight excluding hydrogens is 222 g/mol. The predicted molar refractivity (Wildman–Crippen MR) is 51.0 cm³/mol. The van der Waals surface area contributed by atoms with Gasteiger partial charge in [-0.15, -0.1) is 11.8 Å². The molecule has 11 heavy (non-hydrogen) atoms. The Hall–Kier alpha value is -0.0200. The van der Waals surface area contributed by atoms with Gasteiger partial charge < -0.3 is 0 Å². The fourth-order valence-electron chi connectivity index (χ4n) is 1.21. The zero-order valence-corrected chi connectivity index (χ0v) is 8.41. The number of aromatic nitrogens is 1. The van der Waals surface area contributed by atoms with Gasteiger partial charge in [-0.25, -0.2) is 4.98 Å². The largest absolute Gasteiger partial charge is 0.248 e. The SMILES string of the molecule is Brc1cnc2c(c1)CCCS2. The maximum Gasteiger partial charge on any atom is 0.0992 e. The van der Waals surface area contributed by atoms with E-state index in [0.29, 0.717) is 0 Å². The van der Waals surface area contributed by atoms with E-state index in [-0.39, 0.29) is 0 Å². The molecule has 0 saturated carbocycles. The second-order valence-corrected chi connectivity index (χ2v) is 4.57. The summed E-state index contributed by atoms with van der Waals surface area (Å²) in [6, 6.07) is 2.18. The van der Waals surface area contributed by atoms with Gasteiger partial charge in [0.2, 0.25) is 0 Å². The first-order chi connectivity index (χ1) is 5.36. The highest BCUT2D eigenvalue weighted by Crippen LogP contribution is 2.29. The van der Waals surface area contributed by atoms with Gasteiger partial charge in [-0.1, -0.05) is 0 Å². The van der Waals surface area contributed by atoms with Crippen LogP contribution in [-0.2, 0) is 6.42 Å². The summed E-state index contributed by atoms with van der Waals surface area (Å²) in [4.78, 5) is 4.33. The number of halogens is 1. The fraction of sp³-hybridized carbons (Fsp3) is 0.375. The lowest BCUT2D eigenvalue weighted by atomic mass is 10.2. The van der Waals surface area contributed by atoms with E-state index in [4.69, 9.17) is 0 Å². The van der Waals surface area contributed by atoms with E-state index < -0.39 is 0 Å². The molecule has 0 radical (unpaired) electrons. The number of aryl methyl sites for hydroxylation is 1. The van der Waals surface area contributed by atoms with Gasteiger partial charge in [0, 0.05) is 10.7 Å². The molecule has 3 heteroatoms. The molecule has 1 aliphatic heterocycles. The fourth-order valence-corrected chi connectivity index (χ4v) is 2.54. The number of fused-ring (bicyclic) bond motifs is 1. The van der Waals surface area contributed by atoms with Crippen molar-refractivity contribution in [3.8, 4) is 0 Å². The van der Waals surface area contributed by atoms with Crippen molar-refractivity contribution in [2.75, 3.05) is 5.75 Å². The van der Waals surface area contributed by atoms with E-state index in [1.54, 1.807) is 0 Å². The van der Waals surface area contributed by atoms with Crippen molar-refractivity contribution in [3.05, 3.63) is 22.3 Å². The van der Waals surface area contributed by atoms with Crippen LogP contribution in [0.1, 0.15) is 12.0 Å². The third kappa shape index (κ3) is 1.59. The third-order valence-electron chi connectivity index (χ3n) is 1.72. The number of pyridine rings is 1. The second-order valence-electron chi connectivity index (χ2n) is 2.57.